The van der Waals surface area contributed by atoms with Crippen molar-refractivity contribution in [1.82, 2.24) is 5.32 Å². The van der Waals surface area contributed by atoms with E-state index in [1.165, 1.54) is 6.42 Å². The van der Waals surface area contributed by atoms with Crippen LogP contribution < -0.4 is 11.1 Å². The molecule has 0 bridgehead atoms. The average molecular weight is 268 g/mol. The lowest BCUT2D eigenvalue weighted by molar-refractivity contribution is -0.123. The minimum Gasteiger partial charge on any atom is -0.381 e. The summed E-state index contributed by atoms with van der Waals surface area (Å²) in [6, 6.07) is 0.544. The Hall–Kier alpha value is -0.610. The Morgan fingerprint density at radius 1 is 1.32 bits per heavy atom. The molecular weight excluding hydrogens is 240 g/mol. The Balaban J connectivity index is 1.78. The zero-order valence-corrected chi connectivity index (χ0v) is 12.1. The Kier molecular flexibility index (Phi) is 5.64. The molecule has 1 heterocycles. The van der Waals surface area contributed by atoms with E-state index in [1.807, 2.05) is 0 Å². The molecule has 1 saturated carbocycles. The summed E-state index contributed by atoms with van der Waals surface area (Å²) in [5.74, 6) is 1.17. The summed E-state index contributed by atoms with van der Waals surface area (Å²) in [6.45, 7) is 3.83. The second kappa shape index (κ2) is 7.25. The number of hydrogen-bond acceptors (Lipinski definition) is 3. The van der Waals surface area contributed by atoms with Crippen molar-refractivity contribution in [3.63, 3.8) is 0 Å². The smallest absolute Gasteiger partial charge is 0.220 e. The standard InChI is InChI=1S/C15H28N2O2/c1-2-14(11-6-8-19-9-7-11)17-15(18)10-12-4-3-5-13(12)16/h11-14H,2-10,16H2,1H3,(H,17,18)/t12-,13+,14?/m0/s1. The van der Waals surface area contributed by atoms with Gasteiger partial charge in [-0.2, -0.15) is 0 Å². The second-order valence-electron chi connectivity index (χ2n) is 6.09. The number of amides is 1. The van der Waals surface area contributed by atoms with Gasteiger partial charge >= 0.3 is 0 Å². The molecule has 1 aliphatic carbocycles. The highest BCUT2D eigenvalue weighted by Crippen LogP contribution is 2.27. The molecule has 0 aromatic rings. The van der Waals surface area contributed by atoms with Crippen molar-refractivity contribution in [3.8, 4) is 0 Å². The maximum Gasteiger partial charge on any atom is 0.220 e. The third kappa shape index (κ3) is 4.18. The van der Waals surface area contributed by atoms with Crippen molar-refractivity contribution in [2.24, 2.45) is 17.6 Å². The molecule has 1 unspecified atom stereocenters. The van der Waals surface area contributed by atoms with Crippen molar-refractivity contribution in [3.05, 3.63) is 0 Å². The fourth-order valence-corrected chi connectivity index (χ4v) is 3.49. The van der Waals surface area contributed by atoms with Gasteiger partial charge in [-0.05, 0) is 43.9 Å². The lowest BCUT2D eigenvalue weighted by atomic mass is 9.89. The minimum absolute atomic E-state index is 0.195. The molecule has 1 aliphatic heterocycles. The summed E-state index contributed by atoms with van der Waals surface area (Å²) in [5.41, 5.74) is 6.04. The van der Waals surface area contributed by atoms with E-state index in [9.17, 15) is 4.79 Å². The molecule has 3 atom stereocenters. The van der Waals surface area contributed by atoms with Crippen molar-refractivity contribution in [2.75, 3.05) is 13.2 Å². The zero-order valence-electron chi connectivity index (χ0n) is 12.1. The molecule has 0 spiro atoms. The molecule has 0 radical (unpaired) electrons. The van der Waals surface area contributed by atoms with Gasteiger partial charge in [-0.3, -0.25) is 4.79 Å². The van der Waals surface area contributed by atoms with Crippen LogP contribution in [0.2, 0.25) is 0 Å². The molecular formula is C15H28N2O2. The van der Waals surface area contributed by atoms with E-state index in [0.717, 1.165) is 45.3 Å². The fraction of sp³-hybridized carbons (Fsp3) is 0.933. The van der Waals surface area contributed by atoms with Gasteiger partial charge in [0, 0.05) is 31.7 Å². The van der Waals surface area contributed by atoms with Gasteiger partial charge in [-0.1, -0.05) is 13.3 Å². The molecule has 3 N–H and O–H groups in total. The van der Waals surface area contributed by atoms with Crippen molar-refractivity contribution in [2.45, 2.75) is 64.0 Å². The Bertz CT molecular complexity index is 290. The van der Waals surface area contributed by atoms with Crippen LogP contribution in [0.5, 0.6) is 0 Å². The zero-order chi connectivity index (χ0) is 13.7. The lowest BCUT2D eigenvalue weighted by Gasteiger charge is -2.30. The third-order valence-electron chi connectivity index (χ3n) is 4.79. The predicted octanol–water partition coefficient (Wildman–Crippen LogP) is 1.83. The van der Waals surface area contributed by atoms with Gasteiger partial charge in [0.05, 0.1) is 0 Å². The Morgan fingerprint density at radius 2 is 2.05 bits per heavy atom. The van der Waals surface area contributed by atoms with E-state index in [0.29, 0.717) is 24.3 Å². The molecule has 2 rings (SSSR count). The van der Waals surface area contributed by atoms with Crippen LogP contribution in [0.3, 0.4) is 0 Å². The van der Waals surface area contributed by atoms with E-state index in [4.69, 9.17) is 10.5 Å². The summed E-state index contributed by atoms with van der Waals surface area (Å²) in [5, 5.41) is 3.23. The summed E-state index contributed by atoms with van der Waals surface area (Å²) in [4.78, 5) is 12.2. The highest BCUT2D eigenvalue weighted by molar-refractivity contribution is 5.76. The van der Waals surface area contributed by atoms with Crippen LogP contribution in [0.1, 0.15) is 51.9 Å². The number of ether oxygens (including phenoxy) is 1. The first kappa shape index (κ1) is 14.8. The lowest BCUT2D eigenvalue weighted by Crippen LogP contribution is -2.43. The summed E-state index contributed by atoms with van der Waals surface area (Å²) in [6.07, 6.45) is 7.13. The van der Waals surface area contributed by atoms with Crippen molar-refractivity contribution < 1.29 is 9.53 Å². The van der Waals surface area contributed by atoms with Gasteiger partial charge in [0.25, 0.3) is 0 Å². The van der Waals surface area contributed by atoms with Gasteiger partial charge in [0.15, 0.2) is 0 Å². The van der Waals surface area contributed by atoms with Crippen LogP contribution in [-0.4, -0.2) is 31.2 Å². The van der Waals surface area contributed by atoms with E-state index in [2.05, 4.69) is 12.2 Å². The van der Waals surface area contributed by atoms with Gasteiger partial charge in [0.1, 0.15) is 0 Å². The third-order valence-corrected chi connectivity index (χ3v) is 4.79. The Morgan fingerprint density at radius 3 is 2.63 bits per heavy atom. The molecule has 110 valence electrons. The highest BCUT2D eigenvalue weighted by Gasteiger charge is 2.28. The number of carbonyl (C=O) groups is 1. The topological polar surface area (TPSA) is 64.4 Å². The molecule has 0 aromatic carbocycles. The van der Waals surface area contributed by atoms with Gasteiger partial charge < -0.3 is 15.8 Å². The summed E-state index contributed by atoms with van der Waals surface area (Å²) >= 11 is 0. The van der Waals surface area contributed by atoms with Gasteiger partial charge in [-0.15, -0.1) is 0 Å². The largest absolute Gasteiger partial charge is 0.381 e. The Labute approximate surface area is 116 Å². The SMILES string of the molecule is CCC(NC(=O)C[C@@H]1CCC[C@H]1N)C1CCOCC1. The highest BCUT2D eigenvalue weighted by atomic mass is 16.5. The number of hydrogen-bond donors (Lipinski definition) is 2. The van der Waals surface area contributed by atoms with Crippen LogP contribution >= 0.6 is 0 Å². The number of nitrogens with two attached hydrogens (primary N) is 1. The van der Waals surface area contributed by atoms with Gasteiger partial charge in [0.2, 0.25) is 5.91 Å². The minimum atomic E-state index is 0.195. The van der Waals surface area contributed by atoms with E-state index >= 15 is 0 Å². The van der Waals surface area contributed by atoms with E-state index in [1.54, 1.807) is 0 Å². The van der Waals surface area contributed by atoms with Crippen molar-refractivity contribution >= 4 is 5.91 Å². The molecule has 2 aliphatic rings. The molecule has 0 aromatic heterocycles. The fourth-order valence-electron chi connectivity index (χ4n) is 3.49. The van der Waals surface area contributed by atoms with Crippen LogP contribution in [-0.2, 0) is 9.53 Å². The molecule has 4 nitrogen and oxygen atoms in total. The van der Waals surface area contributed by atoms with Gasteiger partial charge in [-0.25, -0.2) is 0 Å². The first-order chi connectivity index (χ1) is 9.20. The maximum atomic E-state index is 12.2. The second-order valence-corrected chi connectivity index (χ2v) is 6.09. The number of rotatable bonds is 5. The number of nitrogens with one attached hydrogen (secondary N) is 1. The summed E-state index contributed by atoms with van der Waals surface area (Å²) in [7, 11) is 0. The molecule has 2 fully saturated rings. The summed E-state index contributed by atoms with van der Waals surface area (Å²) < 4.78 is 5.39. The van der Waals surface area contributed by atoms with E-state index in [-0.39, 0.29) is 11.9 Å². The normalized spacial score (nSPS) is 30.2. The van der Waals surface area contributed by atoms with Crippen LogP contribution in [0.4, 0.5) is 0 Å². The quantitative estimate of drug-likeness (QED) is 0.799. The molecule has 4 heteroatoms. The molecule has 1 saturated heterocycles. The maximum absolute atomic E-state index is 12.2. The average Bonchev–Trinajstić information content (AvgIpc) is 2.82. The van der Waals surface area contributed by atoms with Crippen LogP contribution in [0, 0.1) is 11.8 Å². The monoisotopic (exact) mass is 268 g/mol. The number of carbonyl (C=O) groups excluding carboxylic acids is 1. The van der Waals surface area contributed by atoms with Crippen LogP contribution in [0.25, 0.3) is 0 Å². The predicted molar refractivity (Wildman–Crippen MR) is 75.7 cm³/mol. The van der Waals surface area contributed by atoms with Crippen LogP contribution in [0.15, 0.2) is 0 Å². The molecule has 19 heavy (non-hydrogen) atoms. The molecule has 1 amide bonds. The van der Waals surface area contributed by atoms with Crippen molar-refractivity contribution in [1.29, 1.82) is 0 Å². The first-order valence-corrected chi connectivity index (χ1v) is 7.83. The first-order valence-electron chi connectivity index (χ1n) is 7.83. The van der Waals surface area contributed by atoms with E-state index < -0.39 is 0 Å².